The van der Waals surface area contributed by atoms with E-state index in [1.54, 1.807) is 0 Å². The second kappa shape index (κ2) is 15.1. The first-order valence-electron chi connectivity index (χ1n) is 12.1. The summed E-state index contributed by atoms with van der Waals surface area (Å²) in [5.74, 6) is 0.963. The number of benzene rings is 1. The number of rotatable bonds is 16. The monoisotopic (exact) mass is 394 g/mol. The minimum Gasteiger partial charge on any atom is -0.340 e. The summed E-state index contributed by atoms with van der Waals surface area (Å²) in [7, 11) is 0. The third-order valence-electron chi connectivity index (χ3n) is 5.66. The van der Waals surface area contributed by atoms with Crippen molar-refractivity contribution in [2.75, 3.05) is 5.32 Å². The number of anilines is 2. The Hall–Kier alpha value is -1.83. The van der Waals surface area contributed by atoms with E-state index in [4.69, 9.17) is 0 Å². The van der Waals surface area contributed by atoms with E-state index >= 15 is 0 Å². The second-order valence-electron chi connectivity index (χ2n) is 8.41. The molecule has 2 nitrogen and oxygen atoms in total. The Bertz CT molecular complexity index is 608. The van der Waals surface area contributed by atoms with Gasteiger partial charge in [-0.25, -0.2) is 4.98 Å². The number of unbranched alkanes of at least 4 members (excludes halogenated alkanes) is 10. The van der Waals surface area contributed by atoms with Crippen LogP contribution in [0.5, 0.6) is 0 Å². The molecule has 1 aromatic carbocycles. The summed E-state index contributed by atoms with van der Waals surface area (Å²) >= 11 is 0. The molecule has 0 radical (unpaired) electrons. The summed E-state index contributed by atoms with van der Waals surface area (Å²) < 4.78 is 0. The molecule has 2 heteroatoms. The molecule has 160 valence electrons. The van der Waals surface area contributed by atoms with Crippen LogP contribution in [0.3, 0.4) is 0 Å². The van der Waals surface area contributed by atoms with E-state index in [9.17, 15) is 0 Å². The molecule has 0 aliphatic heterocycles. The zero-order chi connectivity index (χ0) is 20.6. The molecule has 0 bridgehead atoms. The zero-order valence-electron chi connectivity index (χ0n) is 18.9. The lowest BCUT2D eigenvalue weighted by molar-refractivity contribution is 0.607. The van der Waals surface area contributed by atoms with Crippen molar-refractivity contribution in [1.82, 2.24) is 4.98 Å². The molecule has 0 aliphatic carbocycles. The molecule has 0 saturated heterocycles. The van der Waals surface area contributed by atoms with Gasteiger partial charge in [0.25, 0.3) is 0 Å². The molecule has 0 unspecified atom stereocenters. The van der Waals surface area contributed by atoms with Gasteiger partial charge in [0.05, 0.1) is 0 Å². The zero-order valence-corrected chi connectivity index (χ0v) is 18.9. The van der Waals surface area contributed by atoms with Gasteiger partial charge in [0.1, 0.15) is 5.82 Å². The summed E-state index contributed by atoms with van der Waals surface area (Å²) in [6.07, 6.45) is 20.4. The lowest BCUT2D eigenvalue weighted by Gasteiger charge is -2.09. The van der Waals surface area contributed by atoms with E-state index < -0.39 is 0 Å². The fourth-order valence-electron chi connectivity index (χ4n) is 3.87. The van der Waals surface area contributed by atoms with Crippen molar-refractivity contribution >= 4 is 11.5 Å². The third-order valence-corrected chi connectivity index (χ3v) is 5.66. The van der Waals surface area contributed by atoms with Crippen LogP contribution in [0.15, 0.2) is 42.6 Å². The number of pyridine rings is 1. The first-order valence-corrected chi connectivity index (χ1v) is 12.1. The van der Waals surface area contributed by atoms with Crippen LogP contribution in [0.25, 0.3) is 0 Å². The molecule has 1 N–H and O–H groups in total. The van der Waals surface area contributed by atoms with E-state index in [1.807, 2.05) is 6.20 Å². The molecule has 2 rings (SSSR count). The van der Waals surface area contributed by atoms with E-state index in [0.29, 0.717) is 0 Å². The number of aromatic nitrogens is 1. The van der Waals surface area contributed by atoms with Gasteiger partial charge in [0, 0.05) is 11.9 Å². The van der Waals surface area contributed by atoms with Gasteiger partial charge < -0.3 is 5.32 Å². The lowest BCUT2D eigenvalue weighted by Crippen LogP contribution is -1.96. The molecular weight excluding hydrogens is 352 g/mol. The predicted octanol–water partition coefficient (Wildman–Crippen LogP) is 8.63. The minimum atomic E-state index is 0.963. The largest absolute Gasteiger partial charge is 0.340 e. The van der Waals surface area contributed by atoms with Crippen LogP contribution in [0, 0.1) is 0 Å². The Labute approximate surface area is 179 Å². The SMILES string of the molecule is CCCCCCCCc1cccc(Nc2cc(CCCCCCCC)ccn2)c1. The highest BCUT2D eigenvalue weighted by Crippen LogP contribution is 2.19. The van der Waals surface area contributed by atoms with Gasteiger partial charge in [-0.3, -0.25) is 0 Å². The topological polar surface area (TPSA) is 24.9 Å². The maximum absolute atomic E-state index is 4.53. The van der Waals surface area contributed by atoms with Gasteiger partial charge in [0.15, 0.2) is 0 Å². The van der Waals surface area contributed by atoms with Gasteiger partial charge in [-0.05, 0) is 61.1 Å². The van der Waals surface area contributed by atoms with Crippen molar-refractivity contribution in [3.05, 3.63) is 53.7 Å². The Morgan fingerprint density at radius 2 is 1.24 bits per heavy atom. The average Bonchev–Trinajstić information content (AvgIpc) is 2.74. The first-order chi connectivity index (χ1) is 14.3. The average molecular weight is 395 g/mol. The minimum absolute atomic E-state index is 0.963. The Balaban J connectivity index is 1.76. The molecule has 0 amide bonds. The Kier molecular flexibility index (Phi) is 12.2. The first kappa shape index (κ1) is 23.4. The van der Waals surface area contributed by atoms with Crippen molar-refractivity contribution in [3.8, 4) is 0 Å². The number of nitrogens with one attached hydrogen (secondary N) is 1. The maximum Gasteiger partial charge on any atom is 0.130 e. The van der Waals surface area contributed by atoms with Crippen molar-refractivity contribution in [3.63, 3.8) is 0 Å². The van der Waals surface area contributed by atoms with Crippen molar-refractivity contribution in [2.24, 2.45) is 0 Å². The maximum atomic E-state index is 4.53. The highest BCUT2D eigenvalue weighted by Gasteiger charge is 2.01. The standard InChI is InChI=1S/C27H42N2/c1-3-5-7-9-11-13-16-24-18-15-19-26(22-24)29-27-23-25(20-21-28-27)17-14-12-10-8-6-4-2/h15,18-23H,3-14,16-17H2,1-2H3,(H,28,29). The molecule has 0 aliphatic rings. The second-order valence-corrected chi connectivity index (χ2v) is 8.41. The summed E-state index contributed by atoms with van der Waals surface area (Å²) in [5.41, 5.74) is 3.97. The highest BCUT2D eigenvalue weighted by molar-refractivity contribution is 5.57. The Morgan fingerprint density at radius 1 is 0.655 bits per heavy atom. The number of hydrogen-bond acceptors (Lipinski definition) is 2. The lowest BCUT2D eigenvalue weighted by atomic mass is 10.0. The number of aryl methyl sites for hydroxylation is 2. The van der Waals surface area contributed by atoms with Crippen LogP contribution < -0.4 is 5.32 Å². The van der Waals surface area contributed by atoms with Crippen LogP contribution >= 0.6 is 0 Å². The van der Waals surface area contributed by atoms with Crippen molar-refractivity contribution < 1.29 is 0 Å². The smallest absolute Gasteiger partial charge is 0.130 e. The summed E-state index contributed by atoms with van der Waals surface area (Å²) in [6, 6.07) is 13.2. The van der Waals surface area contributed by atoms with E-state index in [0.717, 1.165) is 17.9 Å². The van der Waals surface area contributed by atoms with Gasteiger partial charge in [0.2, 0.25) is 0 Å². The molecular formula is C27H42N2. The molecule has 0 spiro atoms. The van der Waals surface area contributed by atoms with Crippen LogP contribution in [-0.2, 0) is 12.8 Å². The molecule has 29 heavy (non-hydrogen) atoms. The van der Waals surface area contributed by atoms with Crippen LogP contribution in [0.2, 0.25) is 0 Å². The van der Waals surface area contributed by atoms with Crippen LogP contribution in [-0.4, -0.2) is 4.98 Å². The number of nitrogens with zero attached hydrogens (tertiary/aromatic N) is 1. The molecule has 0 atom stereocenters. The third kappa shape index (κ3) is 10.5. The normalized spacial score (nSPS) is 11.0. The molecule has 2 aromatic rings. The van der Waals surface area contributed by atoms with Crippen molar-refractivity contribution in [2.45, 2.75) is 104 Å². The fraction of sp³-hybridized carbons (Fsp3) is 0.593. The van der Waals surface area contributed by atoms with Crippen LogP contribution in [0.4, 0.5) is 11.5 Å². The van der Waals surface area contributed by atoms with E-state index in [-0.39, 0.29) is 0 Å². The van der Waals surface area contributed by atoms with Crippen LogP contribution in [0.1, 0.15) is 102 Å². The number of hydrogen-bond donors (Lipinski definition) is 1. The van der Waals surface area contributed by atoms with Gasteiger partial charge >= 0.3 is 0 Å². The highest BCUT2D eigenvalue weighted by atomic mass is 15.0. The van der Waals surface area contributed by atoms with Gasteiger partial charge in [-0.15, -0.1) is 0 Å². The van der Waals surface area contributed by atoms with Gasteiger partial charge in [-0.2, -0.15) is 0 Å². The quantitative estimate of drug-likeness (QED) is 0.288. The molecule has 1 aromatic heterocycles. The van der Waals surface area contributed by atoms with E-state index in [2.05, 4.69) is 60.5 Å². The summed E-state index contributed by atoms with van der Waals surface area (Å²) in [4.78, 5) is 4.53. The molecule has 0 fully saturated rings. The molecule has 0 saturated carbocycles. The van der Waals surface area contributed by atoms with Crippen molar-refractivity contribution in [1.29, 1.82) is 0 Å². The fourth-order valence-corrected chi connectivity index (χ4v) is 3.87. The molecule has 1 heterocycles. The predicted molar refractivity (Wildman–Crippen MR) is 128 cm³/mol. The van der Waals surface area contributed by atoms with Gasteiger partial charge in [-0.1, -0.05) is 90.2 Å². The van der Waals surface area contributed by atoms with E-state index in [1.165, 1.54) is 94.6 Å². The summed E-state index contributed by atoms with van der Waals surface area (Å²) in [5, 5.41) is 3.51. The Morgan fingerprint density at radius 3 is 1.90 bits per heavy atom. The summed E-state index contributed by atoms with van der Waals surface area (Å²) in [6.45, 7) is 4.55.